The molecule has 1 fully saturated rings. The Morgan fingerprint density at radius 2 is 2.00 bits per heavy atom. The highest BCUT2D eigenvalue weighted by atomic mass is 32.2. The third-order valence-corrected chi connectivity index (χ3v) is 4.35. The number of carbonyl (C=O) groups is 2. The molecule has 2 atom stereocenters. The van der Waals surface area contributed by atoms with E-state index in [0.717, 1.165) is 4.90 Å². The van der Waals surface area contributed by atoms with Crippen molar-refractivity contribution in [3.63, 3.8) is 0 Å². The lowest BCUT2D eigenvalue weighted by molar-refractivity contribution is -0.310. The Bertz CT molecular complexity index is 587. The number of rotatable bonds is 2. The van der Waals surface area contributed by atoms with E-state index >= 15 is 0 Å². The van der Waals surface area contributed by atoms with Gasteiger partial charge >= 0.3 is 6.09 Å². The minimum absolute atomic E-state index is 0.126. The van der Waals surface area contributed by atoms with Gasteiger partial charge in [-0.3, -0.25) is 4.90 Å². The molecule has 2 rings (SSSR count). The van der Waals surface area contributed by atoms with E-state index in [4.69, 9.17) is 4.74 Å². The zero-order chi connectivity index (χ0) is 16.5. The van der Waals surface area contributed by atoms with Crippen molar-refractivity contribution < 1.29 is 23.8 Å². The van der Waals surface area contributed by atoms with Gasteiger partial charge in [0.05, 0.1) is 12.0 Å². The monoisotopic (exact) mass is 326 g/mol. The molecule has 120 valence electrons. The van der Waals surface area contributed by atoms with Crippen LogP contribution >= 0.6 is 11.8 Å². The number of benzene rings is 1. The molecule has 0 aliphatic carbocycles. The number of carboxylic acids is 1. The van der Waals surface area contributed by atoms with Crippen molar-refractivity contribution in [1.82, 2.24) is 4.90 Å². The highest BCUT2D eigenvalue weighted by molar-refractivity contribution is 7.99. The number of hydrogen-bond acceptors (Lipinski definition) is 5. The Hall–Kier alpha value is -1.76. The first-order valence-electron chi connectivity index (χ1n) is 6.79. The summed E-state index contributed by atoms with van der Waals surface area (Å²) in [6.45, 7) is 5.04. The van der Waals surface area contributed by atoms with Gasteiger partial charge in [-0.15, -0.1) is 11.8 Å². The first-order valence-corrected chi connectivity index (χ1v) is 7.84. The fraction of sp³-hybridized carbons (Fsp3) is 0.467. The van der Waals surface area contributed by atoms with E-state index < -0.39 is 34.9 Å². The van der Waals surface area contributed by atoms with Gasteiger partial charge in [0, 0.05) is 11.3 Å². The molecule has 0 radical (unpaired) electrons. The number of thioether (sulfide) groups is 1. The smallest absolute Gasteiger partial charge is 0.412 e. The number of amides is 1. The first kappa shape index (κ1) is 16.6. The predicted octanol–water partition coefficient (Wildman–Crippen LogP) is 1.93. The highest BCUT2D eigenvalue weighted by Gasteiger charge is 2.42. The lowest BCUT2D eigenvalue weighted by atomic mass is 10.1. The molecular formula is C15H17FNO4S-. The molecule has 1 aromatic rings. The maximum atomic E-state index is 14.0. The summed E-state index contributed by atoms with van der Waals surface area (Å²) < 4.78 is 19.2. The van der Waals surface area contributed by atoms with Gasteiger partial charge in [0.15, 0.2) is 0 Å². The predicted molar refractivity (Wildman–Crippen MR) is 78.5 cm³/mol. The van der Waals surface area contributed by atoms with E-state index in [-0.39, 0.29) is 11.3 Å². The van der Waals surface area contributed by atoms with Crippen LogP contribution in [0.5, 0.6) is 0 Å². The molecule has 1 aliphatic rings. The molecule has 7 heteroatoms. The minimum Gasteiger partial charge on any atom is -0.548 e. The van der Waals surface area contributed by atoms with Crippen LogP contribution in [0.2, 0.25) is 0 Å². The first-order chi connectivity index (χ1) is 10.2. The summed E-state index contributed by atoms with van der Waals surface area (Å²) in [5.41, 5.74) is -0.525. The fourth-order valence-corrected chi connectivity index (χ4v) is 3.57. The number of halogens is 1. The molecule has 0 saturated carbocycles. The van der Waals surface area contributed by atoms with Crippen molar-refractivity contribution in [1.29, 1.82) is 0 Å². The maximum absolute atomic E-state index is 14.0. The SMILES string of the molecule is CC(C)(C)OC(=O)N1[C@@H](C(=O)[O-])CS[C@H]1c1ccccc1F. The number of carboxylic acid groups (broad SMARTS) is 1. The normalized spacial score (nSPS) is 21.7. The lowest BCUT2D eigenvalue weighted by Gasteiger charge is -2.32. The lowest BCUT2D eigenvalue weighted by Crippen LogP contribution is -2.50. The van der Waals surface area contributed by atoms with Gasteiger partial charge in [0.25, 0.3) is 0 Å². The number of hydrogen-bond donors (Lipinski definition) is 0. The van der Waals surface area contributed by atoms with Crippen LogP contribution in [0, 0.1) is 5.82 Å². The quantitative estimate of drug-likeness (QED) is 0.830. The second kappa shape index (κ2) is 6.16. The van der Waals surface area contributed by atoms with Crippen molar-refractivity contribution in [2.75, 3.05) is 5.75 Å². The van der Waals surface area contributed by atoms with Crippen molar-refractivity contribution >= 4 is 23.8 Å². The third-order valence-electron chi connectivity index (χ3n) is 3.05. The van der Waals surface area contributed by atoms with Gasteiger partial charge in [-0.25, -0.2) is 9.18 Å². The Morgan fingerprint density at radius 3 is 2.55 bits per heavy atom. The van der Waals surface area contributed by atoms with Gasteiger partial charge in [0.1, 0.15) is 16.8 Å². The highest BCUT2D eigenvalue weighted by Crippen LogP contribution is 2.42. The summed E-state index contributed by atoms with van der Waals surface area (Å²) in [7, 11) is 0. The maximum Gasteiger partial charge on any atom is 0.412 e. The van der Waals surface area contributed by atoms with Gasteiger partial charge < -0.3 is 14.6 Å². The molecular weight excluding hydrogens is 309 g/mol. The Kier molecular flexibility index (Phi) is 4.65. The number of carbonyl (C=O) groups excluding carboxylic acids is 2. The molecule has 1 heterocycles. The Balaban J connectivity index is 2.35. The van der Waals surface area contributed by atoms with E-state index in [2.05, 4.69) is 0 Å². The summed E-state index contributed by atoms with van der Waals surface area (Å²) >= 11 is 1.17. The minimum atomic E-state index is -1.38. The largest absolute Gasteiger partial charge is 0.548 e. The summed E-state index contributed by atoms with van der Waals surface area (Å²) in [5.74, 6) is -1.75. The van der Waals surface area contributed by atoms with Crippen molar-refractivity contribution in [3.8, 4) is 0 Å². The van der Waals surface area contributed by atoms with Crippen LogP contribution in [0.4, 0.5) is 9.18 Å². The second-order valence-electron chi connectivity index (χ2n) is 5.93. The molecule has 1 saturated heterocycles. The van der Waals surface area contributed by atoms with E-state index in [1.54, 1.807) is 26.8 Å². The molecule has 0 bridgehead atoms. The van der Waals surface area contributed by atoms with Gasteiger partial charge in [-0.1, -0.05) is 18.2 Å². The van der Waals surface area contributed by atoms with E-state index in [1.165, 1.54) is 30.0 Å². The number of aliphatic carboxylic acids is 1. The van der Waals surface area contributed by atoms with Crippen LogP contribution in [-0.2, 0) is 9.53 Å². The molecule has 0 N–H and O–H groups in total. The molecule has 0 unspecified atom stereocenters. The van der Waals surface area contributed by atoms with Gasteiger partial charge in [0.2, 0.25) is 0 Å². The molecule has 22 heavy (non-hydrogen) atoms. The summed E-state index contributed by atoms with van der Waals surface area (Å²) in [5, 5.41) is 10.5. The van der Waals surface area contributed by atoms with Gasteiger partial charge in [-0.2, -0.15) is 0 Å². The van der Waals surface area contributed by atoms with E-state index in [9.17, 15) is 19.1 Å². The van der Waals surface area contributed by atoms with Crippen LogP contribution < -0.4 is 5.11 Å². The fourth-order valence-electron chi connectivity index (χ4n) is 2.14. The van der Waals surface area contributed by atoms with Crippen molar-refractivity contribution in [2.45, 2.75) is 37.8 Å². The van der Waals surface area contributed by atoms with Crippen LogP contribution in [-0.4, -0.2) is 34.4 Å². The van der Waals surface area contributed by atoms with Crippen molar-refractivity contribution in [3.05, 3.63) is 35.6 Å². The second-order valence-corrected chi connectivity index (χ2v) is 7.04. The molecule has 1 amide bonds. The summed E-state index contributed by atoms with van der Waals surface area (Å²) in [6, 6.07) is 4.83. The summed E-state index contributed by atoms with van der Waals surface area (Å²) in [6.07, 6.45) is -0.792. The molecule has 0 aromatic heterocycles. The standard InChI is InChI=1S/C15H18FNO4S/c1-15(2,3)21-14(20)17-11(13(18)19)8-22-12(17)9-6-4-5-7-10(9)16/h4-7,11-12H,8H2,1-3H3,(H,18,19)/p-1/t11-,12+/m1/s1. The number of nitrogens with zero attached hydrogens (tertiary/aromatic N) is 1. The molecule has 5 nitrogen and oxygen atoms in total. The molecule has 1 aliphatic heterocycles. The van der Waals surface area contributed by atoms with Gasteiger partial charge in [-0.05, 0) is 26.8 Å². The average Bonchev–Trinajstić information content (AvgIpc) is 2.82. The average molecular weight is 326 g/mol. The number of ether oxygens (including phenoxy) is 1. The zero-order valence-electron chi connectivity index (χ0n) is 12.5. The molecule has 1 aromatic carbocycles. The third kappa shape index (κ3) is 3.52. The Morgan fingerprint density at radius 1 is 1.36 bits per heavy atom. The zero-order valence-corrected chi connectivity index (χ0v) is 13.4. The van der Waals surface area contributed by atoms with Crippen LogP contribution in [0.1, 0.15) is 31.7 Å². The molecule has 0 spiro atoms. The van der Waals surface area contributed by atoms with Crippen LogP contribution in [0.25, 0.3) is 0 Å². The Labute approximate surface area is 132 Å². The van der Waals surface area contributed by atoms with E-state index in [0.29, 0.717) is 0 Å². The van der Waals surface area contributed by atoms with Crippen LogP contribution in [0.15, 0.2) is 24.3 Å². The van der Waals surface area contributed by atoms with Crippen molar-refractivity contribution in [2.24, 2.45) is 0 Å². The summed E-state index contributed by atoms with van der Waals surface area (Å²) in [4.78, 5) is 24.7. The van der Waals surface area contributed by atoms with E-state index in [1.807, 2.05) is 0 Å². The topological polar surface area (TPSA) is 69.7 Å². The van der Waals surface area contributed by atoms with Crippen LogP contribution in [0.3, 0.4) is 0 Å².